The molecule has 1 aromatic carbocycles. The lowest BCUT2D eigenvalue weighted by Crippen LogP contribution is -2.43. The highest BCUT2D eigenvalue weighted by Gasteiger charge is 2.24. The van der Waals surface area contributed by atoms with Crippen LogP contribution in [0, 0.1) is 5.82 Å². The summed E-state index contributed by atoms with van der Waals surface area (Å²) in [4.78, 5) is 36.6. The standard InChI is InChI=1S/C29H29FN6O3S/c1-31-18-9-12-36(13-10-18)28(37)17-2-6-22(33-16-17)26-15-23-27(40-26)25(8-11-32-23)39-24-7-5-20(14-21(24)30)35-29(38)34-19-3-4-19/h2,5-8,11,14-16,18-19,31H,3-4,9-10,12-13H2,1H3,(H2,34,35,38). The third kappa shape index (κ3) is 5.75. The van der Waals surface area contributed by atoms with Gasteiger partial charge < -0.3 is 25.6 Å². The smallest absolute Gasteiger partial charge is 0.319 e. The molecular formula is C29H29FN6O3S. The number of ether oxygens (including phenoxy) is 1. The number of anilines is 1. The van der Waals surface area contributed by atoms with Crippen LogP contribution in [-0.4, -0.2) is 59.0 Å². The first-order valence-electron chi connectivity index (χ1n) is 13.3. The lowest BCUT2D eigenvalue weighted by molar-refractivity contribution is 0.0707. The maximum atomic E-state index is 14.9. The van der Waals surface area contributed by atoms with E-state index in [-0.39, 0.29) is 23.7 Å². The van der Waals surface area contributed by atoms with E-state index in [1.165, 1.54) is 23.5 Å². The van der Waals surface area contributed by atoms with Crippen molar-refractivity contribution in [3.8, 4) is 22.1 Å². The largest absolute Gasteiger partial charge is 0.453 e. The van der Waals surface area contributed by atoms with Crippen molar-refractivity contribution >= 4 is 39.2 Å². The molecule has 2 fully saturated rings. The third-order valence-corrected chi connectivity index (χ3v) is 8.31. The summed E-state index contributed by atoms with van der Waals surface area (Å²) >= 11 is 1.43. The van der Waals surface area contributed by atoms with Crippen molar-refractivity contribution in [1.29, 1.82) is 0 Å². The number of urea groups is 1. The molecule has 2 aliphatic rings. The minimum absolute atomic E-state index is 0.00548. The van der Waals surface area contributed by atoms with Gasteiger partial charge in [0.2, 0.25) is 0 Å². The van der Waals surface area contributed by atoms with E-state index in [0.29, 0.717) is 34.3 Å². The number of hydrogen-bond donors (Lipinski definition) is 3. The third-order valence-electron chi connectivity index (χ3n) is 7.15. The minimum atomic E-state index is -0.594. The van der Waals surface area contributed by atoms with Crippen molar-refractivity contribution in [2.45, 2.75) is 37.8 Å². The van der Waals surface area contributed by atoms with Gasteiger partial charge in [0.1, 0.15) is 5.75 Å². The zero-order valence-corrected chi connectivity index (χ0v) is 22.8. The summed E-state index contributed by atoms with van der Waals surface area (Å²) in [7, 11) is 1.95. The van der Waals surface area contributed by atoms with E-state index < -0.39 is 5.82 Å². The van der Waals surface area contributed by atoms with Gasteiger partial charge in [-0.3, -0.25) is 14.8 Å². The molecule has 1 saturated carbocycles. The average molecular weight is 561 g/mol. The number of fused-ring (bicyclic) bond motifs is 1. The Morgan fingerprint density at radius 3 is 2.52 bits per heavy atom. The zero-order chi connectivity index (χ0) is 27.6. The number of rotatable bonds is 7. The fourth-order valence-electron chi connectivity index (χ4n) is 4.70. The Morgan fingerprint density at radius 2 is 1.82 bits per heavy atom. The topological polar surface area (TPSA) is 108 Å². The van der Waals surface area contributed by atoms with Gasteiger partial charge >= 0.3 is 6.03 Å². The van der Waals surface area contributed by atoms with Crippen molar-refractivity contribution in [3.63, 3.8) is 0 Å². The number of halogens is 1. The van der Waals surface area contributed by atoms with E-state index in [2.05, 4.69) is 25.9 Å². The van der Waals surface area contributed by atoms with Gasteiger partial charge in [-0.1, -0.05) is 0 Å². The van der Waals surface area contributed by atoms with Crippen LogP contribution in [0.25, 0.3) is 20.8 Å². The van der Waals surface area contributed by atoms with Gasteiger partial charge in [0.25, 0.3) is 5.91 Å². The predicted molar refractivity (Wildman–Crippen MR) is 152 cm³/mol. The Kier molecular flexibility index (Phi) is 7.31. The molecule has 0 unspecified atom stereocenters. The number of aromatic nitrogens is 2. The van der Waals surface area contributed by atoms with Gasteiger partial charge in [-0.2, -0.15) is 0 Å². The number of nitrogens with one attached hydrogen (secondary N) is 3. The van der Waals surface area contributed by atoms with E-state index in [4.69, 9.17) is 4.74 Å². The van der Waals surface area contributed by atoms with E-state index in [1.807, 2.05) is 24.1 Å². The molecule has 1 aliphatic carbocycles. The normalized spacial score (nSPS) is 15.7. The molecule has 0 bridgehead atoms. The van der Waals surface area contributed by atoms with Gasteiger partial charge in [-0.15, -0.1) is 11.3 Å². The molecule has 40 heavy (non-hydrogen) atoms. The number of benzene rings is 1. The molecule has 9 nitrogen and oxygen atoms in total. The van der Waals surface area contributed by atoms with Gasteiger partial charge in [0, 0.05) is 55.4 Å². The Labute approximate surface area is 234 Å². The highest BCUT2D eigenvalue weighted by Crippen LogP contribution is 2.39. The Hall–Kier alpha value is -4.09. The molecule has 1 aliphatic heterocycles. The first kappa shape index (κ1) is 26.1. The van der Waals surface area contributed by atoms with Crippen molar-refractivity contribution in [1.82, 2.24) is 25.5 Å². The average Bonchev–Trinajstić information content (AvgIpc) is 3.67. The van der Waals surface area contributed by atoms with Crippen LogP contribution in [0.5, 0.6) is 11.5 Å². The van der Waals surface area contributed by atoms with Crippen LogP contribution >= 0.6 is 11.3 Å². The zero-order valence-electron chi connectivity index (χ0n) is 21.9. The lowest BCUT2D eigenvalue weighted by Gasteiger charge is -2.31. The van der Waals surface area contributed by atoms with Crippen molar-refractivity contribution in [3.05, 3.63) is 66.2 Å². The van der Waals surface area contributed by atoms with Crippen LogP contribution in [-0.2, 0) is 0 Å². The maximum absolute atomic E-state index is 14.9. The lowest BCUT2D eigenvalue weighted by atomic mass is 10.0. The van der Waals surface area contributed by atoms with Crippen LogP contribution in [0.4, 0.5) is 14.9 Å². The minimum Gasteiger partial charge on any atom is -0.453 e. The summed E-state index contributed by atoms with van der Waals surface area (Å²) in [6, 6.07) is 11.9. The molecule has 0 spiro atoms. The Morgan fingerprint density at radius 1 is 1.00 bits per heavy atom. The van der Waals surface area contributed by atoms with Gasteiger partial charge in [-0.25, -0.2) is 9.18 Å². The van der Waals surface area contributed by atoms with Crippen LogP contribution in [0.3, 0.4) is 0 Å². The number of nitrogens with zero attached hydrogens (tertiary/aromatic N) is 3. The number of piperidine rings is 1. The summed E-state index contributed by atoms with van der Waals surface area (Å²) in [5.74, 6) is -0.100. The summed E-state index contributed by atoms with van der Waals surface area (Å²) in [6.45, 7) is 1.46. The molecule has 0 atom stereocenters. The molecule has 0 radical (unpaired) electrons. The molecule has 11 heteroatoms. The molecule has 4 aromatic rings. The second kappa shape index (κ2) is 11.2. The molecule has 1 saturated heterocycles. The molecule has 4 heterocycles. The number of pyridine rings is 2. The monoisotopic (exact) mass is 560 g/mol. The molecule has 3 aromatic heterocycles. The fraction of sp³-hybridized carbons (Fsp3) is 0.310. The molecule has 206 valence electrons. The van der Waals surface area contributed by atoms with E-state index in [0.717, 1.165) is 48.3 Å². The van der Waals surface area contributed by atoms with E-state index in [1.54, 1.807) is 30.6 Å². The van der Waals surface area contributed by atoms with Crippen LogP contribution < -0.4 is 20.7 Å². The van der Waals surface area contributed by atoms with E-state index >= 15 is 0 Å². The first-order valence-corrected chi connectivity index (χ1v) is 14.1. The Balaban J connectivity index is 1.16. The first-order chi connectivity index (χ1) is 19.5. The number of thiophene rings is 1. The summed E-state index contributed by atoms with van der Waals surface area (Å²) in [5.41, 5.74) is 2.32. The number of carbonyl (C=O) groups excluding carboxylic acids is 2. The summed E-state index contributed by atoms with van der Waals surface area (Å²) in [5, 5.41) is 8.72. The van der Waals surface area contributed by atoms with Crippen molar-refractivity contribution < 1.29 is 18.7 Å². The highest BCUT2D eigenvalue weighted by molar-refractivity contribution is 7.22. The molecular weight excluding hydrogens is 531 g/mol. The number of carbonyl (C=O) groups is 2. The number of amides is 3. The highest BCUT2D eigenvalue weighted by atomic mass is 32.1. The fourth-order valence-corrected chi connectivity index (χ4v) is 5.74. The SMILES string of the molecule is CNC1CCN(C(=O)c2ccc(-c3cc4nccc(Oc5ccc(NC(=O)NC6CC6)cc5F)c4s3)nc2)CC1. The van der Waals surface area contributed by atoms with Crippen LogP contribution in [0.2, 0.25) is 0 Å². The predicted octanol–water partition coefficient (Wildman–Crippen LogP) is 5.40. The molecule has 3 N–H and O–H groups in total. The quantitative estimate of drug-likeness (QED) is 0.279. The van der Waals surface area contributed by atoms with Gasteiger partial charge in [0.05, 0.1) is 26.4 Å². The second-order valence-electron chi connectivity index (χ2n) is 10.0. The number of likely N-dealkylation sites (tertiary alicyclic amines) is 1. The molecule has 6 rings (SSSR count). The van der Waals surface area contributed by atoms with Gasteiger partial charge in [0.15, 0.2) is 11.6 Å². The molecule has 3 amide bonds. The van der Waals surface area contributed by atoms with Crippen molar-refractivity contribution in [2.24, 2.45) is 0 Å². The Bertz CT molecular complexity index is 1550. The van der Waals surface area contributed by atoms with Crippen molar-refractivity contribution in [2.75, 3.05) is 25.5 Å². The maximum Gasteiger partial charge on any atom is 0.319 e. The summed E-state index contributed by atoms with van der Waals surface area (Å²) in [6.07, 6.45) is 7.04. The second-order valence-corrected chi connectivity index (χ2v) is 11.1. The number of hydrogen-bond acceptors (Lipinski definition) is 7. The van der Waals surface area contributed by atoms with Crippen LogP contribution in [0.15, 0.2) is 54.9 Å². The van der Waals surface area contributed by atoms with Gasteiger partial charge in [-0.05, 0) is 63.1 Å². The summed E-state index contributed by atoms with van der Waals surface area (Å²) < 4.78 is 21.5. The van der Waals surface area contributed by atoms with E-state index in [9.17, 15) is 14.0 Å². The van der Waals surface area contributed by atoms with Crippen LogP contribution in [0.1, 0.15) is 36.0 Å².